The second-order valence-corrected chi connectivity index (χ2v) is 7.23. The Morgan fingerprint density at radius 1 is 0.857 bits per heavy atom. The van der Waals surface area contributed by atoms with Gasteiger partial charge in [-0.1, -0.05) is 19.1 Å². The van der Waals surface area contributed by atoms with Crippen LogP contribution in [0.5, 0.6) is 17.2 Å². The van der Waals surface area contributed by atoms with Crippen molar-refractivity contribution < 1.29 is 28.6 Å². The van der Waals surface area contributed by atoms with E-state index in [2.05, 4.69) is 15.8 Å². The van der Waals surface area contributed by atoms with Gasteiger partial charge < -0.3 is 19.5 Å². The zero-order chi connectivity index (χ0) is 25.2. The van der Waals surface area contributed by atoms with Crippen LogP contribution < -0.4 is 25.0 Å². The number of anilines is 1. The van der Waals surface area contributed by atoms with Crippen molar-refractivity contribution in [3.63, 3.8) is 0 Å². The fraction of sp³-hybridized carbons (Fsp3) is 0.154. The Morgan fingerprint density at radius 2 is 1.54 bits per heavy atom. The first-order chi connectivity index (χ1) is 16.9. The Morgan fingerprint density at radius 3 is 2.17 bits per heavy atom. The van der Waals surface area contributed by atoms with Crippen LogP contribution in [0.3, 0.4) is 0 Å². The van der Waals surface area contributed by atoms with E-state index in [1.54, 1.807) is 48.5 Å². The molecule has 0 aliphatic rings. The topological polar surface area (TPSA) is 115 Å². The van der Waals surface area contributed by atoms with Gasteiger partial charge in [0.2, 0.25) is 0 Å². The number of rotatable bonds is 8. The molecule has 2 amide bonds. The molecule has 9 nitrogen and oxygen atoms in total. The first kappa shape index (κ1) is 25.0. The molecule has 0 heterocycles. The highest BCUT2D eigenvalue weighted by Gasteiger charge is 2.14. The zero-order valence-electron chi connectivity index (χ0n) is 19.5. The third-order valence-corrected chi connectivity index (χ3v) is 4.92. The molecule has 0 fully saturated rings. The van der Waals surface area contributed by atoms with Crippen LogP contribution >= 0.6 is 0 Å². The first-order valence-electron chi connectivity index (χ1n) is 10.7. The molecule has 0 saturated heterocycles. The van der Waals surface area contributed by atoms with Gasteiger partial charge in [-0.05, 0) is 72.1 Å². The molecule has 0 aliphatic carbocycles. The molecular formula is C26H25N3O6. The summed E-state index contributed by atoms with van der Waals surface area (Å²) in [7, 11) is 2.99. The minimum atomic E-state index is -0.902. The lowest BCUT2D eigenvalue weighted by Gasteiger charge is -2.09. The fourth-order valence-corrected chi connectivity index (χ4v) is 2.98. The second-order valence-electron chi connectivity index (χ2n) is 7.23. The van der Waals surface area contributed by atoms with Crippen molar-refractivity contribution in [3.8, 4) is 17.2 Å². The zero-order valence-corrected chi connectivity index (χ0v) is 19.5. The van der Waals surface area contributed by atoms with Crippen LogP contribution in [0.2, 0.25) is 0 Å². The molecule has 0 aromatic heterocycles. The maximum Gasteiger partial charge on any atom is 0.343 e. The summed E-state index contributed by atoms with van der Waals surface area (Å²) in [5.41, 5.74) is 4.73. The average Bonchev–Trinajstić information content (AvgIpc) is 2.89. The van der Waals surface area contributed by atoms with Crippen LogP contribution in [0.4, 0.5) is 5.69 Å². The summed E-state index contributed by atoms with van der Waals surface area (Å²) < 4.78 is 15.7. The number of carbonyl (C=O) groups excluding carboxylic acids is 3. The molecule has 3 aromatic rings. The molecule has 0 unspecified atom stereocenters. The van der Waals surface area contributed by atoms with Gasteiger partial charge in [-0.3, -0.25) is 9.59 Å². The molecule has 0 spiro atoms. The highest BCUT2D eigenvalue weighted by molar-refractivity contribution is 6.39. The van der Waals surface area contributed by atoms with Crippen molar-refractivity contribution in [2.24, 2.45) is 5.10 Å². The monoisotopic (exact) mass is 475 g/mol. The summed E-state index contributed by atoms with van der Waals surface area (Å²) in [6, 6.07) is 18.4. The lowest BCUT2D eigenvalue weighted by molar-refractivity contribution is -0.136. The van der Waals surface area contributed by atoms with Gasteiger partial charge in [0, 0.05) is 5.69 Å². The Hall–Kier alpha value is -4.66. The fourth-order valence-electron chi connectivity index (χ4n) is 2.98. The van der Waals surface area contributed by atoms with Gasteiger partial charge in [0.25, 0.3) is 0 Å². The lowest BCUT2D eigenvalue weighted by atomic mass is 10.1. The van der Waals surface area contributed by atoms with Crippen LogP contribution in [0.15, 0.2) is 71.8 Å². The first-order valence-corrected chi connectivity index (χ1v) is 10.7. The van der Waals surface area contributed by atoms with E-state index in [0.29, 0.717) is 34.1 Å². The number of methoxy groups -OCH3 is 2. The number of esters is 1. The van der Waals surface area contributed by atoms with E-state index in [1.165, 1.54) is 26.5 Å². The summed E-state index contributed by atoms with van der Waals surface area (Å²) in [4.78, 5) is 36.3. The summed E-state index contributed by atoms with van der Waals surface area (Å²) in [5.74, 6) is -1.05. The summed E-state index contributed by atoms with van der Waals surface area (Å²) in [6.45, 7) is 2.03. The van der Waals surface area contributed by atoms with E-state index >= 15 is 0 Å². The molecule has 2 N–H and O–H groups in total. The van der Waals surface area contributed by atoms with E-state index in [1.807, 2.05) is 19.1 Å². The average molecular weight is 476 g/mol. The molecule has 9 heteroatoms. The van der Waals surface area contributed by atoms with Crippen LogP contribution in [0.1, 0.15) is 28.4 Å². The number of hydrazone groups is 1. The van der Waals surface area contributed by atoms with Crippen LogP contribution in [-0.4, -0.2) is 38.2 Å². The molecule has 35 heavy (non-hydrogen) atoms. The van der Waals surface area contributed by atoms with Crippen molar-refractivity contribution in [3.05, 3.63) is 83.4 Å². The molecule has 0 atom stereocenters. The molecular weight excluding hydrogens is 450 g/mol. The van der Waals surface area contributed by atoms with Crippen LogP contribution in [-0.2, 0) is 16.0 Å². The Labute approximate surface area is 202 Å². The van der Waals surface area contributed by atoms with Gasteiger partial charge in [-0.2, -0.15) is 5.10 Å². The number of nitrogens with zero attached hydrogens (tertiary/aromatic N) is 1. The highest BCUT2D eigenvalue weighted by Crippen LogP contribution is 2.28. The number of carbonyl (C=O) groups is 3. The predicted molar refractivity (Wildman–Crippen MR) is 131 cm³/mol. The molecule has 3 rings (SSSR count). The van der Waals surface area contributed by atoms with Gasteiger partial charge in [0.05, 0.1) is 26.0 Å². The largest absolute Gasteiger partial charge is 0.493 e. The molecule has 3 aromatic carbocycles. The van der Waals surface area contributed by atoms with Crippen molar-refractivity contribution in [1.82, 2.24) is 5.43 Å². The molecule has 180 valence electrons. The number of nitrogens with one attached hydrogen (secondary N) is 2. The Bertz CT molecular complexity index is 1220. The summed E-state index contributed by atoms with van der Waals surface area (Å²) in [6.07, 6.45) is 2.24. The molecule has 0 aliphatic heterocycles. The minimum Gasteiger partial charge on any atom is -0.493 e. The van der Waals surface area contributed by atoms with E-state index in [-0.39, 0.29) is 0 Å². The van der Waals surface area contributed by atoms with Crippen molar-refractivity contribution in [1.29, 1.82) is 0 Å². The summed E-state index contributed by atoms with van der Waals surface area (Å²) >= 11 is 0. The maximum absolute atomic E-state index is 12.4. The van der Waals surface area contributed by atoms with Gasteiger partial charge in [-0.15, -0.1) is 0 Å². The number of aryl methyl sites for hydroxylation is 1. The molecule has 0 bridgehead atoms. The lowest BCUT2D eigenvalue weighted by Crippen LogP contribution is -2.32. The van der Waals surface area contributed by atoms with Crippen molar-refractivity contribution >= 4 is 29.7 Å². The van der Waals surface area contributed by atoms with E-state index in [0.717, 1.165) is 12.0 Å². The van der Waals surface area contributed by atoms with E-state index < -0.39 is 17.8 Å². The number of benzene rings is 3. The third kappa shape index (κ3) is 6.91. The van der Waals surface area contributed by atoms with Gasteiger partial charge in [0.1, 0.15) is 5.75 Å². The van der Waals surface area contributed by atoms with Crippen LogP contribution in [0.25, 0.3) is 0 Å². The number of hydrogen-bond donors (Lipinski definition) is 2. The molecule has 0 saturated carbocycles. The normalized spacial score (nSPS) is 10.5. The van der Waals surface area contributed by atoms with Gasteiger partial charge in [-0.25, -0.2) is 10.2 Å². The standard InChI is InChI=1S/C26H25N3O6/c1-4-17-5-10-20(11-6-17)28-24(30)25(31)29-27-16-18-7-12-21(13-8-18)35-26(32)19-9-14-22(33-2)23(15-19)34-3/h5-16H,4H2,1-3H3,(H,28,30)(H,29,31)/b27-16-. The summed E-state index contributed by atoms with van der Waals surface area (Å²) in [5, 5.41) is 6.29. The minimum absolute atomic E-state index is 0.301. The number of amides is 2. The van der Waals surface area contributed by atoms with Crippen LogP contribution in [0, 0.1) is 0 Å². The smallest absolute Gasteiger partial charge is 0.343 e. The predicted octanol–water partition coefficient (Wildman–Crippen LogP) is 3.57. The second kappa shape index (κ2) is 12.0. The van der Waals surface area contributed by atoms with Crippen molar-refractivity contribution in [2.75, 3.05) is 19.5 Å². The number of ether oxygens (including phenoxy) is 3. The number of hydrogen-bond acceptors (Lipinski definition) is 7. The highest BCUT2D eigenvalue weighted by atomic mass is 16.5. The Balaban J connectivity index is 1.52. The van der Waals surface area contributed by atoms with Gasteiger partial charge in [0.15, 0.2) is 11.5 Å². The maximum atomic E-state index is 12.4. The van der Waals surface area contributed by atoms with Gasteiger partial charge >= 0.3 is 17.8 Å². The quantitative estimate of drug-likeness (QED) is 0.169. The van der Waals surface area contributed by atoms with Crippen molar-refractivity contribution in [2.45, 2.75) is 13.3 Å². The SMILES string of the molecule is CCc1ccc(NC(=O)C(=O)N/N=C\c2ccc(OC(=O)c3ccc(OC)c(OC)c3)cc2)cc1. The van der Waals surface area contributed by atoms with E-state index in [4.69, 9.17) is 14.2 Å². The van der Waals surface area contributed by atoms with E-state index in [9.17, 15) is 14.4 Å². The molecule has 0 radical (unpaired) electrons. The Kier molecular flexibility index (Phi) is 8.55. The third-order valence-electron chi connectivity index (χ3n) is 4.92.